The van der Waals surface area contributed by atoms with E-state index in [1.165, 1.54) is 44.0 Å². The van der Waals surface area contributed by atoms with E-state index in [-0.39, 0.29) is 12.4 Å². The van der Waals surface area contributed by atoms with Crippen LogP contribution in [0.5, 0.6) is 0 Å². The van der Waals surface area contributed by atoms with Gasteiger partial charge in [0.25, 0.3) is 0 Å². The van der Waals surface area contributed by atoms with E-state index in [4.69, 9.17) is 0 Å². The Balaban J connectivity index is 0.00000156. The lowest BCUT2D eigenvalue weighted by Gasteiger charge is -2.32. The molecule has 1 N–H and O–H groups in total. The fourth-order valence-corrected chi connectivity index (χ4v) is 3.92. The van der Waals surface area contributed by atoms with Crippen molar-refractivity contribution < 1.29 is 0 Å². The lowest BCUT2D eigenvalue weighted by Crippen LogP contribution is -2.49. The highest BCUT2D eigenvalue weighted by Crippen LogP contribution is 2.19. The molecule has 4 rings (SSSR count). The van der Waals surface area contributed by atoms with Crippen LogP contribution in [0.15, 0.2) is 24.4 Å². The normalized spacial score (nSPS) is 23.3. The molecule has 0 aromatic carbocycles. The molecule has 1 atom stereocenters. The maximum Gasteiger partial charge on any atom is 0.137 e. The highest BCUT2D eigenvalue weighted by atomic mass is 35.5. The first-order valence-electron chi connectivity index (χ1n) is 8.40. The number of imidazole rings is 1. The fraction of sp³-hybridized carbons (Fsp3) is 0.588. The van der Waals surface area contributed by atoms with Gasteiger partial charge in [0.05, 0.1) is 11.9 Å². The molecule has 2 aliphatic heterocycles. The second-order valence-electron chi connectivity index (χ2n) is 6.57. The summed E-state index contributed by atoms with van der Waals surface area (Å²) in [7, 11) is 0. The van der Waals surface area contributed by atoms with E-state index >= 15 is 0 Å². The summed E-state index contributed by atoms with van der Waals surface area (Å²) < 4.78 is 2.29. The molecule has 2 aliphatic rings. The zero-order valence-corrected chi connectivity index (χ0v) is 14.6. The van der Waals surface area contributed by atoms with Crippen LogP contribution in [0, 0.1) is 6.92 Å². The van der Waals surface area contributed by atoms with Gasteiger partial charge in [-0.05, 0) is 25.5 Å². The summed E-state index contributed by atoms with van der Waals surface area (Å²) >= 11 is 0. The van der Waals surface area contributed by atoms with Gasteiger partial charge in [-0.15, -0.1) is 12.4 Å². The minimum Gasteiger partial charge on any atom is -0.314 e. The van der Waals surface area contributed by atoms with Crippen LogP contribution < -0.4 is 5.32 Å². The van der Waals surface area contributed by atoms with Gasteiger partial charge in [0.15, 0.2) is 0 Å². The number of rotatable bonds is 3. The predicted molar refractivity (Wildman–Crippen MR) is 95.3 cm³/mol. The summed E-state index contributed by atoms with van der Waals surface area (Å²) in [6, 6.07) is 7.07. The average molecular weight is 336 g/mol. The summed E-state index contributed by atoms with van der Waals surface area (Å²) in [6.07, 6.45) is 3.34. The van der Waals surface area contributed by atoms with E-state index in [0.717, 1.165) is 31.3 Å². The van der Waals surface area contributed by atoms with Gasteiger partial charge in [-0.2, -0.15) is 0 Å². The number of nitrogens with zero attached hydrogens (tertiary/aromatic N) is 4. The molecule has 4 heterocycles. The highest BCUT2D eigenvalue weighted by molar-refractivity contribution is 5.85. The summed E-state index contributed by atoms with van der Waals surface area (Å²) in [4.78, 5) is 9.80. The van der Waals surface area contributed by atoms with E-state index in [1.807, 2.05) is 6.20 Å². The van der Waals surface area contributed by atoms with Crippen LogP contribution >= 0.6 is 12.4 Å². The van der Waals surface area contributed by atoms with E-state index in [0.29, 0.717) is 0 Å². The predicted octanol–water partition coefficient (Wildman–Crippen LogP) is 1.54. The molecule has 5 nitrogen and oxygen atoms in total. The average Bonchev–Trinajstić information content (AvgIpc) is 3.17. The Morgan fingerprint density at radius 1 is 1.22 bits per heavy atom. The maximum absolute atomic E-state index is 4.55. The third kappa shape index (κ3) is 3.38. The molecular weight excluding hydrogens is 310 g/mol. The summed E-state index contributed by atoms with van der Waals surface area (Å²) in [6.45, 7) is 10.2. The third-order valence-electron chi connectivity index (χ3n) is 5.10. The quantitative estimate of drug-likeness (QED) is 0.923. The van der Waals surface area contributed by atoms with Crippen molar-refractivity contribution in [3.63, 3.8) is 0 Å². The molecule has 0 spiro atoms. The molecule has 0 bridgehead atoms. The Labute approximate surface area is 144 Å². The first-order chi connectivity index (χ1) is 10.8. The standard InChI is InChI=1S/C17H25N5.ClH/c1-14-3-2-4-17-19-11-16(22(14)17)13-20-8-5-15(12-20)21-9-6-18-7-10-21;/h2-4,11,15,18H,5-10,12-13H2,1H3;1H. The first-order valence-corrected chi connectivity index (χ1v) is 8.40. The topological polar surface area (TPSA) is 35.8 Å². The van der Waals surface area contributed by atoms with Gasteiger partial charge in [-0.25, -0.2) is 4.98 Å². The Hall–Kier alpha value is -1.14. The molecule has 0 radical (unpaired) electrons. The van der Waals surface area contributed by atoms with Gasteiger partial charge in [0, 0.05) is 57.5 Å². The number of hydrogen-bond donors (Lipinski definition) is 1. The van der Waals surface area contributed by atoms with Crippen molar-refractivity contribution in [3.05, 3.63) is 35.8 Å². The largest absolute Gasteiger partial charge is 0.314 e. The van der Waals surface area contributed by atoms with Gasteiger partial charge in [-0.1, -0.05) is 6.07 Å². The van der Waals surface area contributed by atoms with E-state index in [2.05, 4.69) is 49.6 Å². The molecule has 2 aromatic rings. The van der Waals surface area contributed by atoms with Crippen LogP contribution in [0.1, 0.15) is 17.8 Å². The van der Waals surface area contributed by atoms with Gasteiger partial charge in [0.2, 0.25) is 0 Å². The lowest BCUT2D eigenvalue weighted by atomic mass is 10.2. The van der Waals surface area contributed by atoms with Crippen LogP contribution in [-0.2, 0) is 6.54 Å². The first kappa shape index (κ1) is 16.7. The van der Waals surface area contributed by atoms with Crippen molar-refractivity contribution in [1.29, 1.82) is 0 Å². The van der Waals surface area contributed by atoms with Gasteiger partial charge in [-0.3, -0.25) is 9.80 Å². The van der Waals surface area contributed by atoms with Crippen molar-refractivity contribution >= 4 is 18.1 Å². The van der Waals surface area contributed by atoms with Crippen molar-refractivity contribution in [2.24, 2.45) is 0 Å². The Morgan fingerprint density at radius 3 is 2.87 bits per heavy atom. The Bertz CT molecular complexity index is 649. The number of fused-ring (bicyclic) bond motifs is 1. The number of aryl methyl sites for hydroxylation is 1. The molecule has 0 amide bonds. The van der Waals surface area contributed by atoms with Gasteiger partial charge < -0.3 is 9.72 Å². The smallest absolute Gasteiger partial charge is 0.137 e. The number of piperazine rings is 1. The lowest BCUT2D eigenvalue weighted by molar-refractivity contribution is 0.170. The minimum absolute atomic E-state index is 0. The van der Waals surface area contributed by atoms with Crippen molar-refractivity contribution in [3.8, 4) is 0 Å². The molecule has 23 heavy (non-hydrogen) atoms. The van der Waals surface area contributed by atoms with E-state index in [1.54, 1.807) is 0 Å². The molecule has 2 aromatic heterocycles. The Morgan fingerprint density at radius 2 is 2.04 bits per heavy atom. The fourth-order valence-electron chi connectivity index (χ4n) is 3.92. The molecule has 6 heteroatoms. The molecular formula is C17H26ClN5. The van der Waals surface area contributed by atoms with Crippen molar-refractivity contribution in [2.75, 3.05) is 39.3 Å². The highest BCUT2D eigenvalue weighted by Gasteiger charge is 2.28. The summed E-state index contributed by atoms with van der Waals surface area (Å²) in [5.74, 6) is 0. The molecule has 1 unspecified atom stereocenters. The zero-order valence-electron chi connectivity index (χ0n) is 13.7. The summed E-state index contributed by atoms with van der Waals surface area (Å²) in [5.41, 5.74) is 3.64. The number of pyridine rings is 1. The molecule has 0 aliphatic carbocycles. The number of aromatic nitrogens is 2. The number of nitrogens with one attached hydrogen (secondary N) is 1. The molecule has 126 valence electrons. The van der Waals surface area contributed by atoms with E-state index in [9.17, 15) is 0 Å². The van der Waals surface area contributed by atoms with Gasteiger partial charge >= 0.3 is 0 Å². The SMILES string of the molecule is Cc1cccc2ncc(CN3CCC(N4CCNCC4)C3)n12.Cl. The van der Waals surface area contributed by atoms with E-state index < -0.39 is 0 Å². The second kappa shape index (κ2) is 7.18. The second-order valence-corrected chi connectivity index (χ2v) is 6.57. The van der Waals surface area contributed by atoms with Crippen LogP contribution in [0.4, 0.5) is 0 Å². The summed E-state index contributed by atoms with van der Waals surface area (Å²) in [5, 5.41) is 3.45. The van der Waals surface area contributed by atoms with Crippen LogP contribution in [0.3, 0.4) is 0 Å². The monoisotopic (exact) mass is 335 g/mol. The Kier molecular flexibility index (Phi) is 5.21. The van der Waals surface area contributed by atoms with Crippen LogP contribution in [0.25, 0.3) is 5.65 Å². The number of hydrogen-bond acceptors (Lipinski definition) is 4. The molecule has 2 fully saturated rings. The van der Waals surface area contributed by atoms with Crippen molar-refractivity contribution in [2.45, 2.75) is 25.9 Å². The molecule has 2 saturated heterocycles. The van der Waals surface area contributed by atoms with Gasteiger partial charge in [0.1, 0.15) is 5.65 Å². The number of halogens is 1. The van der Waals surface area contributed by atoms with Crippen LogP contribution in [-0.4, -0.2) is 64.5 Å². The number of likely N-dealkylation sites (tertiary alicyclic amines) is 1. The third-order valence-corrected chi connectivity index (χ3v) is 5.10. The zero-order chi connectivity index (χ0) is 14.9. The van der Waals surface area contributed by atoms with Crippen LogP contribution in [0.2, 0.25) is 0 Å². The maximum atomic E-state index is 4.55. The molecule has 0 saturated carbocycles. The minimum atomic E-state index is 0. The van der Waals surface area contributed by atoms with Crippen molar-refractivity contribution in [1.82, 2.24) is 24.5 Å².